The Hall–Kier alpha value is -3.95. The highest BCUT2D eigenvalue weighted by molar-refractivity contribution is 7.05. The maximum Gasteiger partial charge on any atom is 0.151 e. The molecule has 0 saturated carbocycles. The first-order valence-corrected chi connectivity index (χ1v) is 16.2. The van der Waals surface area contributed by atoms with Crippen LogP contribution in [-0.2, 0) is 0 Å². The fourth-order valence-corrected chi connectivity index (χ4v) is 14.5. The average molecular weight is 539 g/mol. The van der Waals surface area contributed by atoms with E-state index in [1.807, 2.05) is 12.3 Å². The summed E-state index contributed by atoms with van der Waals surface area (Å²) in [5.74, 6) is 0. The minimum atomic E-state index is -2.43. The van der Waals surface area contributed by atoms with Gasteiger partial charge in [0.15, 0.2) is 8.07 Å². The molecule has 0 aliphatic rings. The van der Waals surface area contributed by atoms with Gasteiger partial charge in [-0.2, -0.15) is 0 Å². The van der Waals surface area contributed by atoms with E-state index in [4.69, 9.17) is 4.98 Å². The molecule has 0 saturated heterocycles. The molecule has 6 rings (SSSR count). The molecule has 2 aromatic heterocycles. The molecular formula is C37H38N2Si. The number of para-hydroxylation sites is 1. The monoisotopic (exact) mass is 538 g/mol. The number of benzene rings is 4. The molecular weight excluding hydrogens is 501 g/mol. The van der Waals surface area contributed by atoms with Crippen molar-refractivity contribution >= 4 is 40.4 Å². The van der Waals surface area contributed by atoms with E-state index in [0.717, 1.165) is 0 Å². The van der Waals surface area contributed by atoms with Gasteiger partial charge in [0.1, 0.15) is 0 Å². The average Bonchev–Trinajstić information content (AvgIpc) is 3.27. The zero-order valence-electron chi connectivity index (χ0n) is 24.4. The molecule has 0 aliphatic heterocycles. The zero-order valence-corrected chi connectivity index (χ0v) is 25.4. The molecule has 0 atom stereocenters. The van der Waals surface area contributed by atoms with Gasteiger partial charge in [0.2, 0.25) is 0 Å². The Morgan fingerprint density at radius 2 is 1.20 bits per heavy atom. The van der Waals surface area contributed by atoms with Crippen LogP contribution in [0.1, 0.15) is 41.5 Å². The second-order valence-electron chi connectivity index (χ2n) is 13.0. The van der Waals surface area contributed by atoms with Crippen LogP contribution in [0.5, 0.6) is 0 Å². The Kier molecular flexibility index (Phi) is 6.31. The van der Waals surface area contributed by atoms with E-state index in [2.05, 4.69) is 155 Å². The van der Waals surface area contributed by atoms with Gasteiger partial charge in [-0.3, -0.25) is 4.98 Å². The van der Waals surface area contributed by atoms with Crippen LogP contribution in [0.15, 0.2) is 121 Å². The number of fused-ring (bicyclic) bond motifs is 3. The Balaban J connectivity index is 1.69. The van der Waals surface area contributed by atoms with E-state index < -0.39 is 8.07 Å². The third kappa shape index (κ3) is 4.03. The maximum absolute atomic E-state index is 5.06. The van der Waals surface area contributed by atoms with Crippen molar-refractivity contribution in [2.45, 2.75) is 51.6 Å². The van der Waals surface area contributed by atoms with Gasteiger partial charge < -0.3 is 4.57 Å². The number of hydrogen-bond acceptors (Lipinski definition) is 1. The van der Waals surface area contributed by atoms with Crippen molar-refractivity contribution in [3.8, 4) is 16.8 Å². The molecule has 0 radical (unpaired) electrons. The first-order chi connectivity index (χ1) is 19.1. The number of hydrogen-bond donors (Lipinski definition) is 0. The van der Waals surface area contributed by atoms with E-state index in [9.17, 15) is 0 Å². The van der Waals surface area contributed by atoms with E-state index in [0.29, 0.717) is 0 Å². The lowest BCUT2D eigenvalue weighted by Gasteiger charge is -2.51. The second kappa shape index (κ2) is 9.60. The lowest BCUT2D eigenvalue weighted by molar-refractivity contribution is 0.635. The Labute approximate surface area is 239 Å². The topological polar surface area (TPSA) is 17.8 Å². The van der Waals surface area contributed by atoms with Crippen LogP contribution >= 0.6 is 0 Å². The van der Waals surface area contributed by atoms with Crippen molar-refractivity contribution in [2.24, 2.45) is 0 Å². The van der Waals surface area contributed by atoms with Crippen molar-refractivity contribution < 1.29 is 0 Å². The maximum atomic E-state index is 5.06. The summed E-state index contributed by atoms with van der Waals surface area (Å²) >= 11 is 0. The first kappa shape index (κ1) is 26.3. The molecule has 0 N–H and O–H groups in total. The highest BCUT2D eigenvalue weighted by atomic mass is 28.3. The van der Waals surface area contributed by atoms with Crippen molar-refractivity contribution in [1.29, 1.82) is 0 Å². The van der Waals surface area contributed by atoms with Crippen molar-refractivity contribution in [3.63, 3.8) is 0 Å². The van der Waals surface area contributed by atoms with E-state index in [-0.39, 0.29) is 10.1 Å². The minimum Gasteiger partial charge on any atom is -0.309 e. The van der Waals surface area contributed by atoms with E-state index in [1.165, 1.54) is 49.1 Å². The number of aromatic nitrogens is 2. The molecule has 0 unspecified atom stereocenters. The van der Waals surface area contributed by atoms with E-state index in [1.54, 1.807) is 0 Å². The lowest BCUT2D eigenvalue weighted by Crippen LogP contribution is -2.70. The van der Waals surface area contributed by atoms with Gasteiger partial charge in [0.05, 0.1) is 11.0 Å². The van der Waals surface area contributed by atoms with Gasteiger partial charge in [0.25, 0.3) is 0 Å². The molecule has 6 aromatic rings. The molecule has 3 heteroatoms. The Morgan fingerprint density at radius 1 is 0.550 bits per heavy atom. The Morgan fingerprint density at radius 3 is 1.90 bits per heavy atom. The summed E-state index contributed by atoms with van der Waals surface area (Å²) < 4.78 is 2.46. The van der Waals surface area contributed by atoms with E-state index >= 15 is 0 Å². The second-order valence-corrected chi connectivity index (χ2v) is 18.6. The summed E-state index contributed by atoms with van der Waals surface area (Å²) in [6.07, 6.45) is 1.97. The number of rotatable bonds is 4. The molecule has 4 aromatic carbocycles. The largest absolute Gasteiger partial charge is 0.309 e. The summed E-state index contributed by atoms with van der Waals surface area (Å²) in [6, 6.07) is 42.2. The first-order valence-electron chi connectivity index (χ1n) is 14.2. The van der Waals surface area contributed by atoms with Gasteiger partial charge in [-0.1, -0.05) is 120 Å². The van der Waals surface area contributed by atoms with Crippen LogP contribution in [-0.4, -0.2) is 17.6 Å². The van der Waals surface area contributed by atoms with Gasteiger partial charge in [-0.15, -0.1) is 0 Å². The van der Waals surface area contributed by atoms with Gasteiger partial charge in [0, 0.05) is 28.0 Å². The van der Waals surface area contributed by atoms with Crippen molar-refractivity contribution in [2.75, 3.05) is 0 Å². The third-order valence-corrected chi connectivity index (χ3v) is 15.4. The van der Waals surface area contributed by atoms with Gasteiger partial charge in [-0.25, -0.2) is 0 Å². The predicted octanol–water partition coefficient (Wildman–Crippen LogP) is 9.01. The van der Waals surface area contributed by atoms with Crippen LogP contribution in [0.3, 0.4) is 0 Å². The predicted molar refractivity (Wildman–Crippen MR) is 175 cm³/mol. The van der Waals surface area contributed by atoms with Crippen LogP contribution in [0.2, 0.25) is 10.1 Å². The summed E-state index contributed by atoms with van der Waals surface area (Å²) in [7, 11) is -2.43. The number of nitrogens with zero attached hydrogens (tertiary/aromatic N) is 2. The quantitative estimate of drug-likeness (QED) is 0.205. The molecule has 0 spiro atoms. The molecule has 200 valence electrons. The fourth-order valence-electron chi connectivity index (χ4n) is 7.43. The molecule has 0 amide bonds. The molecule has 0 fully saturated rings. The lowest BCUT2D eigenvalue weighted by atomic mass is 10.1. The van der Waals surface area contributed by atoms with Gasteiger partial charge in [-0.05, 0) is 62.8 Å². The minimum absolute atomic E-state index is 0.0390. The SMILES string of the molecule is CC(C)(C)[Si](c1ccc2c3ccccc3n(-c3cccc(-c4ccccc4)c3)c2c1)(c1ccccn1)C(C)(C)C. The highest BCUT2D eigenvalue weighted by Crippen LogP contribution is 2.50. The summed E-state index contributed by atoms with van der Waals surface area (Å²) in [5.41, 5.74) is 6.12. The summed E-state index contributed by atoms with van der Waals surface area (Å²) in [4.78, 5) is 5.06. The van der Waals surface area contributed by atoms with Crippen LogP contribution in [0.25, 0.3) is 38.6 Å². The normalized spacial score (nSPS) is 12.8. The van der Waals surface area contributed by atoms with Crippen LogP contribution in [0, 0.1) is 0 Å². The molecule has 2 nitrogen and oxygen atoms in total. The molecule has 2 heterocycles. The fraction of sp³-hybridized carbons (Fsp3) is 0.216. The molecule has 0 aliphatic carbocycles. The highest BCUT2D eigenvalue weighted by Gasteiger charge is 2.56. The van der Waals surface area contributed by atoms with Crippen molar-refractivity contribution in [3.05, 3.63) is 121 Å². The summed E-state index contributed by atoms with van der Waals surface area (Å²) in [6.45, 7) is 14.5. The van der Waals surface area contributed by atoms with Crippen LogP contribution in [0.4, 0.5) is 0 Å². The van der Waals surface area contributed by atoms with Crippen molar-refractivity contribution in [1.82, 2.24) is 9.55 Å². The zero-order chi connectivity index (χ0) is 28.1. The molecule has 40 heavy (non-hydrogen) atoms. The standard InChI is InChI=1S/C37H38N2Si/c1-36(2,3)40(37(4,5)6,35-21-12-13-24-38-35)30-22-23-32-31-19-10-11-20-33(31)39(34(32)26-30)29-18-14-17-28(25-29)27-15-8-7-9-16-27/h7-26H,1-6H3. The smallest absolute Gasteiger partial charge is 0.151 e. The third-order valence-electron chi connectivity index (χ3n) is 8.62. The van der Waals surface area contributed by atoms with Crippen LogP contribution < -0.4 is 10.5 Å². The van der Waals surface area contributed by atoms with Gasteiger partial charge >= 0.3 is 0 Å². The number of pyridine rings is 1. The Bertz CT molecular complexity index is 1790. The molecule has 0 bridgehead atoms. The summed E-state index contributed by atoms with van der Waals surface area (Å²) in [5, 5.41) is 5.33.